The van der Waals surface area contributed by atoms with Gasteiger partial charge in [-0.3, -0.25) is 4.79 Å². The minimum atomic E-state index is -0.211. The second-order valence-corrected chi connectivity index (χ2v) is 8.38. The Bertz CT molecular complexity index is 1220. The third kappa shape index (κ3) is 3.43. The minimum absolute atomic E-state index is 0.125. The van der Waals surface area contributed by atoms with Gasteiger partial charge >= 0.3 is 0 Å². The Labute approximate surface area is 177 Å². The third-order valence-corrected chi connectivity index (χ3v) is 6.51. The summed E-state index contributed by atoms with van der Waals surface area (Å²) in [4.78, 5) is 18.0. The molecule has 30 heavy (non-hydrogen) atoms. The van der Waals surface area contributed by atoms with E-state index in [1.54, 1.807) is 12.1 Å². The van der Waals surface area contributed by atoms with Crippen LogP contribution >= 0.6 is 11.8 Å². The van der Waals surface area contributed by atoms with E-state index < -0.39 is 0 Å². The number of fused-ring (bicyclic) bond motifs is 3. The van der Waals surface area contributed by atoms with Gasteiger partial charge in [-0.2, -0.15) is 4.68 Å². The van der Waals surface area contributed by atoms with Gasteiger partial charge < -0.3 is 4.57 Å². The van der Waals surface area contributed by atoms with Crippen LogP contribution in [0, 0.1) is 5.82 Å². The van der Waals surface area contributed by atoms with Gasteiger partial charge in [-0.15, -0.1) is 5.10 Å². The van der Waals surface area contributed by atoms with Gasteiger partial charge in [-0.25, -0.2) is 9.37 Å². The number of hydrogen-bond donors (Lipinski definition) is 0. The number of aromatic nitrogens is 4. The van der Waals surface area contributed by atoms with E-state index in [-0.39, 0.29) is 11.4 Å². The molecule has 0 bridgehead atoms. The summed E-state index contributed by atoms with van der Waals surface area (Å²) in [5.74, 6) is 0.735. The molecular weight excluding hydrogens is 399 g/mol. The molecule has 0 N–H and O–H groups in total. The summed E-state index contributed by atoms with van der Waals surface area (Å²) < 4.78 is 17.7. The number of benzene rings is 2. The number of nitrogens with zero attached hydrogens (tertiary/aromatic N) is 4. The fourth-order valence-electron chi connectivity index (χ4n) is 3.97. The quantitative estimate of drug-likeness (QED) is 0.355. The van der Waals surface area contributed by atoms with E-state index in [1.807, 2.05) is 36.4 Å². The average Bonchev–Trinajstić information content (AvgIpc) is 2.94. The molecule has 152 valence electrons. The molecule has 0 radical (unpaired) electrons. The summed E-state index contributed by atoms with van der Waals surface area (Å²) >= 11 is 1.50. The molecule has 0 saturated heterocycles. The fraction of sp³-hybridized carbons (Fsp3) is 0.261. The number of rotatable bonds is 4. The molecule has 0 amide bonds. The maximum Gasteiger partial charge on any atom is 0.284 e. The van der Waals surface area contributed by atoms with Crippen molar-refractivity contribution in [2.24, 2.45) is 0 Å². The van der Waals surface area contributed by atoms with Gasteiger partial charge in [0.05, 0.1) is 5.69 Å². The molecule has 0 fully saturated rings. The first kappa shape index (κ1) is 19.1. The highest BCUT2D eigenvalue weighted by atomic mass is 32.2. The SMILES string of the molecule is O=c1c2c3n(c(SCc4ccccc4F)nc-2nn1-c1ccccc1)CCCCC3. The Balaban J connectivity index is 1.63. The summed E-state index contributed by atoms with van der Waals surface area (Å²) in [5.41, 5.74) is 2.86. The second kappa shape index (κ2) is 8.07. The first-order valence-electron chi connectivity index (χ1n) is 10.2. The summed E-state index contributed by atoms with van der Waals surface area (Å²) in [6.45, 7) is 0.813. The van der Waals surface area contributed by atoms with Crippen molar-refractivity contribution in [1.82, 2.24) is 19.3 Å². The van der Waals surface area contributed by atoms with Crippen LogP contribution in [0.3, 0.4) is 0 Å². The van der Waals surface area contributed by atoms with Crippen LogP contribution in [0.1, 0.15) is 30.5 Å². The first-order valence-corrected chi connectivity index (χ1v) is 11.1. The second-order valence-electron chi connectivity index (χ2n) is 7.43. The molecule has 7 heteroatoms. The zero-order valence-corrected chi connectivity index (χ0v) is 17.2. The molecule has 2 aromatic carbocycles. The molecule has 3 heterocycles. The van der Waals surface area contributed by atoms with Crippen LogP contribution < -0.4 is 5.56 Å². The standard InChI is InChI=1S/C23H21FN4OS/c24-18-12-7-6-9-16(18)15-30-23-25-21-20(19-13-5-2-8-14-27(19)23)22(29)28(26-21)17-10-3-1-4-11-17/h1,3-4,6-7,9-12H,2,5,8,13-15H2. The third-order valence-electron chi connectivity index (χ3n) is 5.48. The highest BCUT2D eigenvalue weighted by Crippen LogP contribution is 2.32. The Morgan fingerprint density at radius 3 is 2.63 bits per heavy atom. The van der Waals surface area contributed by atoms with Gasteiger partial charge in [-0.1, -0.05) is 54.6 Å². The highest BCUT2D eigenvalue weighted by molar-refractivity contribution is 7.98. The van der Waals surface area contributed by atoms with Crippen molar-refractivity contribution in [3.05, 3.63) is 82.0 Å². The van der Waals surface area contributed by atoms with E-state index in [9.17, 15) is 9.18 Å². The highest BCUT2D eigenvalue weighted by Gasteiger charge is 2.27. The van der Waals surface area contributed by atoms with Crippen molar-refractivity contribution >= 4 is 11.8 Å². The first-order chi connectivity index (χ1) is 14.7. The molecule has 3 aliphatic rings. The van der Waals surface area contributed by atoms with E-state index in [0.717, 1.165) is 48.8 Å². The van der Waals surface area contributed by atoms with Crippen molar-refractivity contribution < 1.29 is 4.39 Å². The lowest BCUT2D eigenvalue weighted by molar-refractivity contribution is 0.571. The number of para-hydroxylation sites is 1. The molecule has 0 saturated carbocycles. The van der Waals surface area contributed by atoms with Gasteiger partial charge in [0, 0.05) is 18.0 Å². The smallest absolute Gasteiger partial charge is 0.284 e. The summed E-state index contributed by atoms with van der Waals surface area (Å²) in [7, 11) is 0. The number of hydrogen-bond acceptors (Lipinski definition) is 4. The summed E-state index contributed by atoms with van der Waals surface area (Å²) in [6, 6.07) is 16.2. The van der Waals surface area contributed by atoms with E-state index in [4.69, 9.17) is 4.98 Å². The fourth-order valence-corrected chi connectivity index (χ4v) is 4.99. The lowest BCUT2D eigenvalue weighted by Crippen LogP contribution is -2.19. The van der Waals surface area contributed by atoms with Crippen LogP contribution in [0.15, 0.2) is 64.5 Å². The monoisotopic (exact) mass is 420 g/mol. The van der Waals surface area contributed by atoms with Crippen molar-refractivity contribution in [2.45, 2.75) is 43.1 Å². The zero-order chi connectivity index (χ0) is 20.5. The molecule has 5 rings (SSSR count). The van der Waals surface area contributed by atoms with Crippen LogP contribution in [0.25, 0.3) is 17.1 Å². The summed E-state index contributed by atoms with van der Waals surface area (Å²) in [6.07, 6.45) is 4.01. The molecular formula is C23H21FN4OS. The van der Waals surface area contributed by atoms with Gasteiger partial charge in [0.2, 0.25) is 0 Å². The summed E-state index contributed by atoms with van der Waals surface area (Å²) in [5, 5.41) is 5.34. The van der Waals surface area contributed by atoms with Crippen LogP contribution in [0.2, 0.25) is 0 Å². The maximum absolute atomic E-state index is 14.1. The van der Waals surface area contributed by atoms with Crippen molar-refractivity contribution in [3.63, 3.8) is 0 Å². The lowest BCUT2D eigenvalue weighted by Gasteiger charge is -2.17. The van der Waals surface area contributed by atoms with Crippen molar-refractivity contribution in [3.8, 4) is 17.1 Å². The maximum atomic E-state index is 14.1. The Morgan fingerprint density at radius 2 is 1.80 bits per heavy atom. The number of thioether (sulfide) groups is 1. The van der Waals surface area contributed by atoms with Gasteiger partial charge in [0.15, 0.2) is 11.0 Å². The zero-order valence-electron chi connectivity index (χ0n) is 16.4. The van der Waals surface area contributed by atoms with E-state index >= 15 is 0 Å². The molecule has 0 aliphatic carbocycles. The normalized spacial score (nSPS) is 13.9. The van der Waals surface area contributed by atoms with Crippen LogP contribution in [0.4, 0.5) is 4.39 Å². The molecule has 5 nitrogen and oxygen atoms in total. The minimum Gasteiger partial charge on any atom is -0.324 e. The predicted octanol–water partition coefficient (Wildman–Crippen LogP) is 4.69. The largest absolute Gasteiger partial charge is 0.324 e. The lowest BCUT2D eigenvalue weighted by atomic mass is 10.1. The molecule has 3 aliphatic heterocycles. The topological polar surface area (TPSA) is 52.7 Å². The molecule has 0 unspecified atom stereocenters. The molecule has 0 atom stereocenters. The van der Waals surface area contributed by atoms with Gasteiger partial charge in [0.1, 0.15) is 11.4 Å². The predicted molar refractivity (Wildman–Crippen MR) is 116 cm³/mol. The van der Waals surface area contributed by atoms with Gasteiger partial charge in [0.25, 0.3) is 5.56 Å². The Hall–Kier alpha value is -2.93. The van der Waals surface area contributed by atoms with Crippen molar-refractivity contribution in [2.75, 3.05) is 0 Å². The molecule has 0 aromatic heterocycles. The van der Waals surface area contributed by atoms with Crippen LogP contribution in [0.5, 0.6) is 0 Å². The van der Waals surface area contributed by atoms with Crippen LogP contribution in [-0.4, -0.2) is 19.3 Å². The van der Waals surface area contributed by atoms with Crippen molar-refractivity contribution in [1.29, 1.82) is 0 Å². The van der Waals surface area contributed by atoms with Gasteiger partial charge in [-0.05, 0) is 43.0 Å². The Morgan fingerprint density at radius 1 is 1.00 bits per heavy atom. The van der Waals surface area contributed by atoms with E-state index in [1.165, 1.54) is 22.5 Å². The average molecular weight is 421 g/mol. The van der Waals surface area contributed by atoms with E-state index in [0.29, 0.717) is 22.7 Å². The van der Waals surface area contributed by atoms with E-state index in [2.05, 4.69) is 9.67 Å². The molecule has 2 aromatic rings. The number of halogens is 1. The van der Waals surface area contributed by atoms with Crippen LogP contribution in [-0.2, 0) is 18.7 Å². The Kier molecular flexibility index (Phi) is 5.12. The molecule has 0 spiro atoms.